The molecule has 0 N–H and O–H groups in total. The first-order valence-electron chi connectivity index (χ1n) is 6.06. The lowest BCUT2D eigenvalue weighted by Crippen LogP contribution is -2.92. The van der Waals surface area contributed by atoms with Crippen molar-refractivity contribution in [2.24, 2.45) is 59.2 Å². The second-order valence-electron chi connectivity index (χ2n) is 6.41. The third-order valence-electron chi connectivity index (χ3n) is 6.85. The van der Waals surface area contributed by atoms with Gasteiger partial charge < -0.3 is 4.74 Å². The van der Waals surface area contributed by atoms with Crippen molar-refractivity contribution < 1.29 is 14.3 Å². The normalized spacial score (nSPS) is 78.1. The standard InChI is InChI=1S/C12H10O3/c13-11-9-7-3-1-2-5(3)8(6(2)4(1)7)10(9)12(14)15-11/h1-10H/t1?,2?,3-,4+,5+,6-,7?,8?,9-,10-/m0/s1. The maximum atomic E-state index is 11.7. The molecule has 0 amide bonds. The average molecular weight is 202 g/mol. The maximum absolute atomic E-state index is 11.7. The summed E-state index contributed by atoms with van der Waals surface area (Å²) in [5, 5.41) is 0. The summed E-state index contributed by atoms with van der Waals surface area (Å²) in [5.41, 5.74) is 0. The lowest BCUT2D eigenvalue weighted by molar-refractivity contribution is -0.475. The van der Waals surface area contributed by atoms with Gasteiger partial charge in [0.2, 0.25) is 0 Å². The summed E-state index contributed by atoms with van der Waals surface area (Å²) in [6.07, 6.45) is 0. The highest BCUT2D eigenvalue weighted by molar-refractivity contribution is 5.98. The highest BCUT2D eigenvalue weighted by Gasteiger charge is 2.93. The predicted octanol–water partition coefficient (Wildman–Crippen LogP) is 0.300. The van der Waals surface area contributed by atoms with E-state index in [0.717, 1.165) is 35.5 Å². The SMILES string of the molecule is O=C1OC(=O)[C@H]2C3[C@H]4C5C6[C@H](C([C@H]64)[C@H]12)[C@@H]53. The average Bonchev–Trinajstić information content (AvgIpc) is 2.42. The van der Waals surface area contributed by atoms with Crippen LogP contribution >= 0.6 is 0 Å². The number of esters is 2. The minimum Gasteiger partial charge on any atom is -0.393 e. The number of rotatable bonds is 0. The maximum Gasteiger partial charge on any atom is 0.317 e. The van der Waals surface area contributed by atoms with Crippen molar-refractivity contribution in [3.63, 3.8) is 0 Å². The molecule has 7 aliphatic rings. The Morgan fingerprint density at radius 1 is 0.600 bits per heavy atom. The zero-order valence-corrected chi connectivity index (χ0v) is 8.00. The van der Waals surface area contributed by atoms with Crippen LogP contribution in [0.15, 0.2) is 0 Å². The van der Waals surface area contributed by atoms with Gasteiger partial charge in [-0.1, -0.05) is 0 Å². The summed E-state index contributed by atoms with van der Waals surface area (Å²) < 4.78 is 4.86. The fourth-order valence-corrected chi connectivity index (χ4v) is 6.83. The molecule has 1 saturated heterocycles. The molecular formula is C12H10O3. The molecule has 15 heavy (non-hydrogen) atoms. The van der Waals surface area contributed by atoms with Gasteiger partial charge in [-0.15, -0.1) is 0 Å². The van der Waals surface area contributed by atoms with Crippen LogP contribution in [-0.2, 0) is 14.3 Å². The van der Waals surface area contributed by atoms with Gasteiger partial charge in [-0.2, -0.15) is 0 Å². The highest BCUT2D eigenvalue weighted by atomic mass is 16.6. The molecule has 0 radical (unpaired) electrons. The van der Waals surface area contributed by atoms with E-state index >= 15 is 0 Å². The molecule has 6 saturated carbocycles. The van der Waals surface area contributed by atoms with E-state index in [2.05, 4.69) is 0 Å². The number of carbonyl (C=O) groups excluding carboxylic acids is 2. The van der Waals surface area contributed by atoms with Crippen molar-refractivity contribution in [1.29, 1.82) is 0 Å². The van der Waals surface area contributed by atoms with Crippen molar-refractivity contribution in [1.82, 2.24) is 0 Å². The van der Waals surface area contributed by atoms with Crippen LogP contribution in [0.5, 0.6) is 0 Å². The van der Waals surface area contributed by atoms with E-state index in [1.807, 2.05) is 0 Å². The molecule has 7 rings (SSSR count). The van der Waals surface area contributed by atoms with Crippen LogP contribution in [0.1, 0.15) is 0 Å². The summed E-state index contributed by atoms with van der Waals surface area (Å²) in [6, 6.07) is 0. The first kappa shape index (κ1) is 6.66. The van der Waals surface area contributed by atoms with Crippen LogP contribution in [0, 0.1) is 59.2 Å². The molecule has 0 spiro atoms. The van der Waals surface area contributed by atoms with E-state index in [-0.39, 0.29) is 23.8 Å². The highest BCUT2D eigenvalue weighted by Crippen LogP contribution is 2.93. The number of ether oxygens (including phenoxy) is 1. The fraction of sp³-hybridized carbons (Fsp3) is 0.833. The second-order valence-corrected chi connectivity index (χ2v) is 6.41. The van der Waals surface area contributed by atoms with Crippen LogP contribution in [0.4, 0.5) is 0 Å². The summed E-state index contributed by atoms with van der Waals surface area (Å²) in [6.45, 7) is 0. The van der Waals surface area contributed by atoms with Gasteiger partial charge in [0.05, 0.1) is 11.8 Å². The van der Waals surface area contributed by atoms with E-state index < -0.39 is 0 Å². The summed E-state index contributed by atoms with van der Waals surface area (Å²) in [7, 11) is 0. The van der Waals surface area contributed by atoms with E-state index in [1.54, 1.807) is 0 Å². The Labute approximate surface area is 86.2 Å². The molecule has 3 heteroatoms. The second kappa shape index (κ2) is 1.48. The van der Waals surface area contributed by atoms with Crippen LogP contribution in [0.2, 0.25) is 0 Å². The molecule has 1 aliphatic heterocycles. The van der Waals surface area contributed by atoms with Crippen LogP contribution in [0.25, 0.3) is 0 Å². The molecule has 7 fully saturated rings. The van der Waals surface area contributed by atoms with Crippen molar-refractivity contribution in [2.75, 3.05) is 0 Å². The van der Waals surface area contributed by atoms with Crippen LogP contribution in [0.3, 0.4) is 0 Å². The van der Waals surface area contributed by atoms with Crippen molar-refractivity contribution in [2.45, 2.75) is 0 Å². The van der Waals surface area contributed by atoms with E-state index in [0.29, 0.717) is 11.8 Å². The topological polar surface area (TPSA) is 43.4 Å². The first-order chi connectivity index (χ1) is 7.30. The Hall–Kier alpha value is -0.860. The minimum absolute atomic E-state index is 0.0116. The van der Waals surface area contributed by atoms with E-state index in [4.69, 9.17) is 4.74 Å². The van der Waals surface area contributed by atoms with Gasteiger partial charge in [0, 0.05) is 0 Å². The molecule has 0 aromatic rings. The van der Waals surface area contributed by atoms with E-state index in [9.17, 15) is 9.59 Å². The molecule has 10 atom stereocenters. The Morgan fingerprint density at radius 3 is 1.33 bits per heavy atom. The Bertz CT molecular complexity index is 407. The van der Waals surface area contributed by atoms with Gasteiger partial charge >= 0.3 is 11.9 Å². The molecule has 6 aliphatic carbocycles. The molecular weight excluding hydrogens is 192 g/mol. The smallest absolute Gasteiger partial charge is 0.317 e. The van der Waals surface area contributed by atoms with Gasteiger partial charge in [0.15, 0.2) is 0 Å². The lowest BCUT2D eigenvalue weighted by atomic mass is 9.09. The van der Waals surface area contributed by atoms with Gasteiger partial charge in [-0.05, 0) is 47.3 Å². The monoisotopic (exact) mass is 202 g/mol. The molecule has 1 heterocycles. The number of hydrogen-bond donors (Lipinski definition) is 0. The van der Waals surface area contributed by atoms with Crippen molar-refractivity contribution in [3.8, 4) is 0 Å². The zero-order valence-electron chi connectivity index (χ0n) is 8.00. The predicted molar refractivity (Wildman–Crippen MR) is 46.0 cm³/mol. The molecule has 4 unspecified atom stereocenters. The Kier molecular flexibility index (Phi) is 0.659. The first-order valence-corrected chi connectivity index (χ1v) is 6.06. The molecule has 0 aromatic carbocycles. The largest absolute Gasteiger partial charge is 0.393 e. The third kappa shape index (κ3) is 0.362. The number of carbonyl (C=O) groups is 2. The fourth-order valence-electron chi connectivity index (χ4n) is 6.83. The van der Waals surface area contributed by atoms with Gasteiger partial charge in [-0.3, -0.25) is 9.59 Å². The van der Waals surface area contributed by atoms with Crippen molar-refractivity contribution >= 4 is 11.9 Å². The van der Waals surface area contributed by atoms with Crippen molar-refractivity contribution in [3.05, 3.63) is 0 Å². The van der Waals surface area contributed by atoms with Gasteiger partial charge in [0.1, 0.15) is 0 Å². The Morgan fingerprint density at radius 2 is 0.933 bits per heavy atom. The molecule has 3 nitrogen and oxygen atoms in total. The molecule has 2 bridgehead atoms. The third-order valence-corrected chi connectivity index (χ3v) is 6.85. The van der Waals surface area contributed by atoms with E-state index in [1.165, 1.54) is 0 Å². The minimum atomic E-state index is -0.189. The Balaban J connectivity index is 1.60. The number of hydrogen-bond acceptors (Lipinski definition) is 3. The van der Waals surface area contributed by atoms with Crippen LogP contribution < -0.4 is 0 Å². The zero-order chi connectivity index (χ0) is 9.64. The quantitative estimate of drug-likeness (QED) is 0.419. The summed E-state index contributed by atoms with van der Waals surface area (Å²) in [5.74, 6) is 5.99. The van der Waals surface area contributed by atoms with Gasteiger partial charge in [-0.25, -0.2) is 0 Å². The lowest BCUT2D eigenvalue weighted by Gasteiger charge is -2.94. The van der Waals surface area contributed by atoms with Crippen LogP contribution in [-0.4, -0.2) is 11.9 Å². The summed E-state index contributed by atoms with van der Waals surface area (Å²) in [4.78, 5) is 23.3. The molecule has 76 valence electrons. The summed E-state index contributed by atoms with van der Waals surface area (Å²) >= 11 is 0. The number of cyclic esters (lactones) is 2. The van der Waals surface area contributed by atoms with Gasteiger partial charge in [0.25, 0.3) is 0 Å². The molecule has 0 aromatic heterocycles.